The Hall–Kier alpha value is -1.24. The van der Waals surface area contributed by atoms with E-state index in [1.807, 2.05) is 12.1 Å². The van der Waals surface area contributed by atoms with Crippen molar-refractivity contribution >= 4 is 12.6 Å². The Balaban J connectivity index is 2.14. The van der Waals surface area contributed by atoms with Gasteiger partial charge in [0.15, 0.2) is 11.5 Å². The van der Waals surface area contributed by atoms with Gasteiger partial charge in [0.2, 0.25) is 6.79 Å². The molecule has 1 unspecified atom stereocenters. The van der Waals surface area contributed by atoms with Crippen LogP contribution in [0.3, 0.4) is 0 Å². The molecule has 0 bridgehead atoms. The fraction of sp³-hybridized carbons (Fsp3) is 0.500. The van der Waals surface area contributed by atoms with E-state index in [9.17, 15) is 10.0 Å². The zero-order valence-electron chi connectivity index (χ0n) is 10.3. The summed E-state index contributed by atoms with van der Waals surface area (Å²) < 4.78 is 10.6. The van der Waals surface area contributed by atoms with Gasteiger partial charge in [-0.1, -0.05) is 6.07 Å². The van der Waals surface area contributed by atoms with Gasteiger partial charge in [-0.3, -0.25) is 0 Å². The summed E-state index contributed by atoms with van der Waals surface area (Å²) in [4.78, 5) is 0. The molecule has 0 aromatic heterocycles. The van der Waals surface area contributed by atoms with Gasteiger partial charge < -0.3 is 24.8 Å². The molecule has 96 valence electrons. The largest absolute Gasteiger partial charge is 0.492 e. The summed E-state index contributed by atoms with van der Waals surface area (Å²) >= 11 is 0. The molecule has 1 fully saturated rings. The van der Waals surface area contributed by atoms with Gasteiger partial charge in [-0.15, -0.1) is 0 Å². The van der Waals surface area contributed by atoms with Gasteiger partial charge in [0, 0.05) is 11.0 Å². The molecule has 0 saturated carbocycles. The van der Waals surface area contributed by atoms with Crippen molar-refractivity contribution in [3.63, 3.8) is 0 Å². The van der Waals surface area contributed by atoms with E-state index in [1.165, 1.54) is 0 Å². The molecule has 0 radical (unpaired) electrons. The van der Waals surface area contributed by atoms with E-state index in [2.05, 4.69) is 12.2 Å². The summed E-state index contributed by atoms with van der Waals surface area (Å²) in [5.74, 6) is 1.03. The first kappa shape index (κ1) is 11.8. The molecule has 2 heterocycles. The fourth-order valence-electron chi connectivity index (χ4n) is 2.86. The lowest BCUT2D eigenvalue weighted by molar-refractivity contribution is 0.174. The molecule has 18 heavy (non-hydrogen) atoms. The van der Waals surface area contributed by atoms with E-state index in [0.717, 1.165) is 24.9 Å². The maximum absolute atomic E-state index is 9.64. The number of benzene rings is 1. The second kappa shape index (κ2) is 4.15. The van der Waals surface area contributed by atoms with Crippen molar-refractivity contribution in [2.24, 2.45) is 0 Å². The normalized spacial score (nSPS) is 25.5. The zero-order valence-corrected chi connectivity index (χ0v) is 10.3. The molecule has 0 amide bonds. The molecule has 0 spiro atoms. The minimum absolute atomic E-state index is 0.128. The van der Waals surface area contributed by atoms with Crippen molar-refractivity contribution < 1.29 is 19.5 Å². The van der Waals surface area contributed by atoms with Gasteiger partial charge >= 0.3 is 7.12 Å². The lowest BCUT2D eigenvalue weighted by atomic mass is 9.71. The number of ether oxygens (including phenoxy) is 2. The van der Waals surface area contributed by atoms with Crippen LogP contribution in [0.5, 0.6) is 11.5 Å². The second-order valence-corrected chi connectivity index (χ2v) is 5.00. The Morgan fingerprint density at radius 2 is 2.17 bits per heavy atom. The van der Waals surface area contributed by atoms with E-state index < -0.39 is 7.12 Å². The van der Waals surface area contributed by atoms with Crippen LogP contribution in [0.15, 0.2) is 12.1 Å². The van der Waals surface area contributed by atoms with Crippen LogP contribution < -0.4 is 20.3 Å². The van der Waals surface area contributed by atoms with Crippen LogP contribution in [-0.2, 0) is 5.54 Å². The third-order valence-corrected chi connectivity index (χ3v) is 3.80. The van der Waals surface area contributed by atoms with Crippen molar-refractivity contribution in [2.45, 2.75) is 25.3 Å². The van der Waals surface area contributed by atoms with E-state index in [-0.39, 0.29) is 12.3 Å². The van der Waals surface area contributed by atoms with Gasteiger partial charge in [-0.05, 0) is 37.9 Å². The molecule has 1 aromatic rings. The Labute approximate surface area is 106 Å². The summed E-state index contributed by atoms with van der Waals surface area (Å²) in [5, 5.41) is 22.7. The third-order valence-electron chi connectivity index (χ3n) is 3.80. The summed E-state index contributed by atoms with van der Waals surface area (Å²) in [6.45, 7) is 3.14. The van der Waals surface area contributed by atoms with Crippen molar-refractivity contribution in [2.75, 3.05) is 13.3 Å². The van der Waals surface area contributed by atoms with Crippen LogP contribution >= 0.6 is 0 Å². The molecule has 6 heteroatoms. The number of hydrogen-bond acceptors (Lipinski definition) is 5. The molecule has 1 aromatic carbocycles. The Bertz CT molecular complexity index is 471. The molecule has 3 rings (SSSR count). The first-order chi connectivity index (χ1) is 8.62. The van der Waals surface area contributed by atoms with Crippen molar-refractivity contribution in [3.8, 4) is 11.5 Å². The summed E-state index contributed by atoms with van der Waals surface area (Å²) in [6, 6.07) is 3.72. The monoisotopic (exact) mass is 249 g/mol. The number of fused-ring (bicyclic) bond motifs is 1. The molecule has 2 aliphatic heterocycles. The number of rotatable bonds is 2. The van der Waals surface area contributed by atoms with E-state index in [4.69, 9.17) is 9.47 Å². The van der Waals surface area contributed by atoms with Crippen molar-refractivity contribution in [1.82, 2.24) is 5.32 Å². The second-order valence-electron chi connectivity index (χ2n) is 5.00. The maximum atomic E-state index is 9.64. The number of hydrogen-bond donors (Lipinski definition) is 3. The average Bonchev–Trinajstić information content (AvgIpc) is 2.96. The average molecular weight is 249 g/mol. The predicted molar refractivity (Wildman–Crippen MR) is 67.0 cm³/mol. The predicted octanol–water partition coefficient (Wildman–Crippen LogP) is -0.306. The molecule has 5 nitrogen and oxygen atoms in total. The maximum Gasteiger partial charge on any atom is 0.492 e. The highest BCUT2D eigenvalue weighted by Gasteiger charge is 2.38. The highest BCUT2D eigenvalue weighted by Crippen LogP contribution is 2.37. The van der Waals surface area contributed by atoms with Gasteiger partial charge in [-0.25, -0.2) is 0 Å². The molecule has 3 N–H and O–H groups in total. The molecule has 0 aliphatic carbocycles. The molecule has 1 atom stereocenters. The van der Waals surface area contributed by atoms with Crippen LogP contribution in [0.2, 0.25) is 0 Å². The smallest absolute Gasteiger partial charge is 0.454 e. The Morgan fingerprint density at radius 3 is 2.83 bits per heavy atom. The molecular formula is C12H16BNO4. The van der Waals surface area contributed by atoms with Gasteiger partial charge in [0.25, 0.3) is 0 Å². The minimum atomic E-state index is -1.56. The summed E-state index contributed by atoms with van der Waals surface area (Å²) in [6.07, 6.45) is 2.04. The SMILES string of the molecule is CC1(c2ccc3c(c2B(O)O)OCO3)CCCN1. The molecule has 2 aliphatic rings. The minimum Gasteiger partial charge on any atom is -0.454 e. The van der Waals surface area contributed by atoms with E-state index >= 15 is 0 Å². The van der Waals surface area contributed by atoms with E-state index in [1.54, 1.807) is 0 Å². The molecular weight excluding hydrogens is 233 g/mol. The lowest BCUT2D eigenvalue weighted by Gasteiger charge is -2.28. The van der Waals surface area contributed by atoms with Crippen LogP contribution in [0.1, 0.15) is 25.3 Å². The quantitative estimate of drug-likeness (QED) is 0.627. The summed E-state index contributed by atoms with van der Waals surface area (Å²) in [7, 11) is -1.56. The standard InChI is InChI=1S/C12H16BNO4/c1-12(5-2-6-14-12)8-3-4-9-11(18-7-17-9)10(8)13(15)16/h3-4,14-16H,2,5-7H2,1H3. The fourth-order valence-corrected chi connectivity index (χ4v) is 2.86. The van der Waals surface area contributed by atoms with Gasteiger partial charge in [-0.2, -0.15) is 0 Å². The van der Waals surface area contributed by atoms with Gasteiger partial charge in [0.05, 0.1) is 0 Å². The first-order valence-electron chi connectivity index (χ1n) is 6.16. The van der Waals surface area contributed by atoms with Crippen molar-refractivity contribution in [1.29, 1.82) is 0 Å². The highest BCUT2D eigenvalue weighted by molar-refractivity contribution is 6.60. The van der Waals surface area contributed by atoms with Gasteiger partial charge in [0.1, 0.15) is 0 Å². The Morgan fingerprint density at radius 1 is 1.33 bits per heavy atom. The highest BCUT2D eigenvalue weighted by atomic mass is 16.7. The van der Waals surface area contributed by atoms with E-state index in [0.29, 0.717) is 17.0 Å². The van der Waals surface area contributed by atoms with Crippen LogP contribution in [0.25, 0.3) is 0 Å². The van der Waals surface area contributed by atoms with Crippen LogP contribution in [-0.4, -0.2) is 30.5 Å². The summed E-state index contributed by atoms with van der Waals surface area (Å²) in [5.41, 5.74) is 1.06. The third kappa shape index (κ3) is 1.68. The zero-order chi connectivity index (χ0) is 12.8. The lowest BCUT2D eigenvalue weighted by Crippen LogP contribution is -2.43. The molecule has 1 saturated heterocycles. The van der Waals surface area contributed by atoms with Crippen molar-refractivity contribution in [3.05, 3.63) is 17.7 Å². The van der Waals surface area contributed by atoms with Crippen LogP contribution in [0, 0.1) is 0 Å². The topological polar surface area (TPSA) is 71.0 Å². The first-order valence-corrected chi connectivity index (χ1v) is 6.16. The Kier molecular flexibility index (Phi) is 2.73. The van der Waals surface area contributed by atoms with Crippen LogP contribution in [0.4, 0.5) is 0 Å². The number of nitrogens with one attached hydrogen (secondary N) is 1.